The van der Waals surface area contributed by atoms with Crippen LogP contribution in [-0.4, -0.2) is 23.9 Å². The Kier molecular flexibility index (Phi) is 3.66. The van der Waals surface area contributed by atoms with Crippen molar-refractivity contribution in [2.24, 2.45) is 0 Å². The molecule has 0 saturated carbocycles. The molecule has 0 rings (SSSR count). The lowest BCUT2D eigenvalue weighted by Gasteiger charge is -2.14. The Balaban J connectivity index is 3.14. The van der Waals surface area contributed by atoms with Crippen LogP contribution in [0.2, 0.25) is 0 Å². The molecule has 1 atom stereocenters. The Morgan fingerprint density at radius 3 is 2.00 bits per heavy atom. The Bertz CT molecular complexity index is 45.3. The molecule has 0 aromatic rings. The molecule has 0 N–H and O–H groups in total. The van der Waals surface area contributed by atoms with Gasteiger partial charge in [-0.2, -0.15) is 0 Å². The lowest BCUT2D eigenvalue weighted by atomic mass is 10.5. The average molecular weight is 166 g/mol. The number of nitrogens with zero attached hydrogens (tertiary/aromatic N) is 1. The summed E-state index contributed by atoms with van der Waals surface area (Å²) in [7, 11) is 4.12. The van der Waals surface area contributed by atoms with Gasteiger partial charge in [0, 0.05) is 0 Å². The molecule has 0 aliphatic heterocycles. The first-order valence-electron chi connectivity index (χ1n) is 2.49. The van der Waals surface area contributed by atoms with Crippen molar-refractivity contribution in [3.8, 4) is 0 Å². The molecular weight excluding hydrogens is 154 g/mol. The van der Waals surface area contributed by atoms with Crippen molar-refractivity contribution in [2.45, 2.75) is 18.3 Å². The zero-order valence-corrected chi connectivity index (χ0v) is 6.70. The van der Waals surface area contributed by atoms with E-state index in [2.05, 4.69) is 41.8 Å². The second-order valence-corrected chi connectivity index (χ2v) is 2.86. The minimum Gasteiger partial charge on any atom is -0.297 e. The molecule has 0 saturated heterocycles. The highest BCUT2D eigenvalue weighted by Crippen LogP contribution is 2.04. The summed E-state index contributed by atoms with van der Waals surface area (Å²) in [4.78, 5) is 2.69. The van der Waals surface area contributed by atoms with Crippen molar-refractivity contribution in [2.75, 3.05) is 14.1 Å². The number of halogens is 1. The fourth-order valence-electron chi connectivity index (χ4n) is 0.365. The Hall–Kier alpha value is 0.440. The first-order valence-corrected chi connectivity index (χ1v) is 3.40. The number of alkyl halides is 1. The molecule has 0 amide bonds. The molecule has 0 aromatic heterocycles. The monoisotopic (exact) mass is 165 g/mol. The third-order valence-electron chi connectivity index (χ3n) is 0.897. The predicted octanol–water partition coefficient (Wildman–Crippen LogP) is 1.68. The van der Waals surface area contributed by atoms with Gasteiger partial charge in [0.05, 0.1) is 4.95 Å². The summed E-state index contributed by atoms with van der Waals surface area (Å²) >= 11 is 3.47. The van der Waals surface area contributed by atoms with E-state index in [0.717, 1.165) is 6.42 Å². The molecule has 7 heavy (non-hydrogen) atoms. The fraction of sp³-hybridized carbons (Fsp3) is 1.00. The molecule has 0 spiro atoms. The summed E-state index contributed by atoms with van der Waals surface area (Å²) in [6, 6.07) is 0. The lowest BCUT2D eigenvalue weighted by molar-refractivity contribution is 0.382. The van der Waals surface area contributed by atoms with Gasteiger partial charge in [-0.05, 0) is 20.5 Å². The highest BCUT2D eigenvalue weighted by Gasteiger charge is 1.99. The van der Waals surface area contributed by atoms with E-state index in [9.17, 15) is 0 Å². The molecule has 0 aliphatic carbocycles. The summed E-state index contributed by atoms with van der Waals surface area (Å²) in [6.45, 7) is 2.15. The highest BCUT2D eigenvalue weighted by molar-refractivity contribution is 9.09. The topological polar surface area (TPSA) is 3.24 Å². The summed E-state index contributed by atoms with van der Waals surface area (Å²) in [6.07, 6.45) is 1.16. The van der Waals surface area contributed by atoms with E-state index in [-0.39, 0.29) is 0 Å². The van der Waals surface area contributed by atoms with Crippen LogP contribution >= 0.6 is 15.9 Å². The van der Waals surface area contributed by atoms with Gasteiger partial charge in [-0.15, -0.1) is 0 Å². The fourth-order valence-corrected chi connectivity index (χ4v) is 0.365. The van der Waals surface area contributed by atoms with Gasteiger partial charge in [0.25, 0.3) is 0 Å². The zero-order valence-electron chi connectivity index (χ0n) is 5.11. The Labute approximate surface area is 53.8 Å². The van der Waals surface area contributed by atoms with Gasteiger partial charge in [0.2, 0.25) is 0 Å². The molecule has 1 unspecified atom stereocenters. The van der Waals surface area contributed by atoms with Gasteiger partial charge in [-0.1, -0.05) is 22.9 Å². The number of hydrogen-bond donors (Lipinski definition) is 0. The largest absolute Gasteiger partial charge is 0.297 e. The van der Waals surface area contributed by atoms with Crippen LogP contribution in [0.4, 0.5) is 0 Å². The second kappa shape index (κ2) is 3.44. The molecule has 0 bridgehead atoms. The zero-order chi connectivity index (χ0) is 5.86. The van der Waals surface area contributed by atoms with Crippen LogP contribution < -0.4 is 0 Å². The highest BCUT2D eigenvalue weighted by atomic mass is 79.9. The molecule has 1 nitrogen and oxygen atoms in total. The van der Waals surface area contributed by atoms with Gasteiger partial charge in [0.1, 0.15) is 0 Å². The van der Waals surface area contributed by atoms with Crippen LogP contribution in [0.3, 0.4) is 0 Å². The van der Waals surface area contributed by atoms with Gasteiger partial charge in [0.15, 0.2) is 0 Å². The molecule has 2 heteroatoms. The quantitative estimate of drug-likeness (QED) is 0.445. The van der Waals surface area contributed by atoms with Crippen molar-refractivity contribution in [1.82, 2.24) is 4.90 Å². The van der Waals surface area contributed by atoms with Crippen LogP contribution in [0.1, 0.15) is 13.3 Å². The van der Waals surface area contributed by atoms with E-state index in [4.69, 9.17) is 0 Å². The van der Waals surface area contributed by atoms with E-state index in [1.165, 1.54) is 0 Å². The average Bonchev–Trinajstić information content (AvgIpc) is 1.65. The second-order valence-electron chi connectivity index (χ2n) is 1.81. The molecule has 0 aliphatic rings. The molecule has 0 aromatic carbocycles. The van der Waals surface area contributed by atoms with E-state index in [1.807, 2.05) is 0 Å². The van der Waals surface area contributed by atoms with Crippen molar-refractivity contribution in [1.29, 1.82) is 0 Å². The lowest BCUT2D eigenvalue weighted by Crippen LogP contribution is -2.20. The SMILES string of the molecule is CCC(Br)N(C)C. The third-order valence-corrected chi connectivity index (χ3v) is 2.36. The predicted molar refractivity (Wildman–Crippen MR) is 36.7 cm³/mol. The minimum absolute atomic E-state index is 0.549. The first-order chi connectivity index (χ1) is 3.18. The first kappa shape index (κ1) is 7.44. The van der Waals surface area contributed by atoms with Crippen LogP contribution in [0.5, 0.6) is 0 Å². The van der Waals surface area contributed by atoms with Crippen LogP contribution in [0, 0.1) is 0 Å². The van der Waals surface area contributed by atoms with Crippen molar-refractivity contribution >= 4 is 15.9 Å². The van der Waals surface area contributed by atoms with Crippen molar-refractivity contribution < 1.29 is 0 Å². The summed E-state index contributed by atoms with van der Waals surface area (Å²) < 4.78 is 0. The van der Waals surface area contributed by atoms with Crippen molar-refractivity contribution in [3.05, 3.63) is 0 Å². The molecule has 44 valence electrons. The third kappa shape index (κ3) is 3.06. The van der Waals surface area contributed by atoms with E-state index >= 15 is 0 Å². The minimum atomic E-state index is 0.549. The molecule has 0 heterocycles. The van der Waals surface area contributed by atoms with Crippen LogP contribution in [0.25, 0.3) is 0 Å². The summed E-state index contributed by atoms with van der Waals surface area (Å²) in [5.74, 6) is 0. The molecular formula is C5H12BrN. The maximum absolute atomic E-state index is 3.47. The standard InChI is InChI=1S/C5H12BrN/c1-4-5(6)7(2)3/h5H,4H2,1-3H3. The van der Waals surface area contributed by atoms with E-state index < -0.39 is 0 Å². The van der Waals surface area contributed by atoms with Crippen LogP contribution in [-0.2, 0) is 0 Å². The maximum Gasteiger partial charge on any atom is 0.0648 e. The van der Waals surface area contributed by atoms with E-state index in [1.54, 1.807) is 0 Å². The Morgan fingerprint density at radius 1 is 1.57 bits per heavy atom. The van der Waals surface area contributed by atoms with E-state index in [0.29, 0.717) is 4.95 Å². The molecule has 0 fully saturated rings. The Morgan fingerprint density at radius 2 is 2.00 bits per heavy atom. The van der Waals surface area contributed by atoms with Gasteiger partial charge >= 0.3 is 0 Å². The van der Waals surface area contributed by atoms with Gasteiger partial charge in [-0.3, -0.25) is 4.90 Å². The number of hydrogen-bond acceptors (Lipinski definition) is 1. The normalized spacial score (nSPS) is 15.0. The summed E-state index contributed by atoms with van der Waals surface area (Å²) in [5.41, 5.74) is 0. The maximum atomic E-state index is 3.47. The van der Waals surface area contributed by atoms with Crippen LogP contribution in [0.15, 0.2) is 0 Å². The number of rotatable bonds is 2. The smallest absolute Gasteiger partial charge is 0.0648 e. The summed E-state index contributed by atoms with van der Waals surface area (Å²) in [5, 5.41) is 0. The van der Waals surface area contributed by atoms with Gasteiger partial charge in [-0.25, -0.2) is 0 Å². The molecule has 0 radical (unpaired) electrons. The van der Waals surface area contributed by atoms with Gasteiger partial charge < -0.3 is 0 Å². The van der Waals surface area contributed by atoms with Crippen molar-refractivity contribution in [3.63, 3.8) is 0 Å².